The average Bonchev–Trinajstić information content (AvgIpc) is 2.44. The summed E-state index contributed by atoms with van der Waals surface area (Å²) in [5.41, 5.74) is 0. The molecule has 0 spiro atoms. The molecular weight excluding hydrogens is 272 g/mol. The first-order valence-electron chi connectivity index (χ1n) is 7.67. The maximum atomic E-state index is 12.2. The Balaban J connectivity index is 2.61. The van der Waals surface area contributed by atoms with E-state index in [1.165, 1.54) is 0 Å². The van der Waals surface area contributed by atoms with Crippen LogP contribution in [-0.4, -0.2) is 46.9 Å². The predicted octanol–water partition coefficient (Wildman–Crippen LogP) is 1.25. The lowest BCUT2D eigenvalue weighted by molar-refractivity contribution is -0.145. The third kappa shape index (κ3) is 5.02. The van der Waals surface area contributed by atoms with Crippen molar-refractivity contribution in [2.45, 2.75) is 52.5 Å². The van der Waals surface area contributed by atoms with E-state index in [0.717, 1.165) is 12.8 Å². The summed E-state index contributed by atoms with van der Waals surface area (Å²) in [6.45, 7) is 6.56. The normalized spacial score (nSPS) is 20.2. The van der Waals surface area contributed by atoms with Crippen molar-refractivity contribution in [2.75, 3.05) is 13.1 Å². The first kappa shape index (κ1) is 17.5. The number of piperidine rings is 1. The SMILES string of the molecule is CCCC(=O)N1CCCC(C(=O)N[C@@H](C(=O)O)C(C)C)C1. The van der Waals surface area contributed by atoms with Crippen molar-refractivity contribution in [1.82, 2.24) is 10.2 Å². The van der Waals surface area contributed by atoms with E-state index in [1.54, 1.807) is 18.7 Å². The maximum absolute atomic E-state index is 12.2. The Morgan fingerprint density at radius 3 is 2.52 bits per heavy atom. The highest BCUT2D eigenvalue weighted by Crippen LogP contribution is 2.18. The molecule has 0 aliphatic carbocycles. The summed E-state index contributed by atoms with van der Waals surface area (Å²) in [5, 5.41) is 11.7. The molecule has 2 atom stereocenters. The first-order valence-corrected chi connectivity index (χ1v) is 7.67. The molecule has 6 nitrogen and oxygen atoms in total. The maximum Gasteiger partial charge on any atom is 0.326 e. The highest BCUT2D eigenvalue weighted by atomic mass is 16.4. The predicted molar refractivity (Wildman–Crippen MR) is 78.6 cm³/mol. The third-order valence-electron chi connectivity index (χ3n) is 3.84. The van der Waals surface area contributed by atoms with Crippen molar-refractivity contribution in [1.29, 1.82) is 0 Å². The van der Waals surface area contributed by atoms with Crippen LogP contribution in [0, 0.1) is 11.8 Å². The minimum atomic E-state index is -1.02. The van der Waals surface area contributed by atoms with Crippen molar-refractivity contribution in [3.8, 4) is 0 Å². The standard InChI is InChI=1S/C15H26N2O4/c1-4-6-12(18)17-8-5-7-11(9-17)14(19)16-13(10(2)3)15(20)21/h10-11,13H,4-9H2,1-3H3,(H,16,19)(H,20,21)/t11?,13-/m1/s1. The molecule has 0 saturated carbocycles. The van der Waals surface area contributed by atoms with Gasteiger partial charge in [-0.1, -0.05) is 20.8 Å². The van der Waals surface area contributed by atoms with Crippen molar-refractivity contribution in [2.24, 2.45) is 11.8 Å². The molecule has 1 aliphatic rings. The van der Waals surface area contributed by atoms with Gasteiger partial charge >= 0.3 is 5.97 Å². The van der Waals surface area contributed by atoms with Crippen LogP contribution in [0.3, 0.4) is 0 Å². The van der Waals surface area contributed by atoms with E-state index in [9.17, 15) is 14.4 Å². The molecule has 1 rings (SSSR count). The number of hydrogen-bond acceptors (Lipinski definition) is 3. The van der Waals surface area contributed by atoms with Gasteiger partial charge in [-0.2, -0.15) is 0 Å². The van der Waals surface area contributed by atoms with Crippen LogP contribution in [0.2, 0.25) is 0 Å². The molecule has 1 unspecified atom stereocenters. The van der Waals surface area contributed by atoms with Gasteiger partial charge in [0.25, 0.3) is 0 Å². The number of amides is 2. The van der Waals surface area contributed by atoms with Gasteiger partial charge in [-0.25, -0.2) is 4.79 Å². The van der Waals surface area contributed by atoms with Gasteiger partial charge in [0, 0.05) is 19.5 Å². The van der Waals surface area contributed by atoms with Crippen molar-refractivity contribution in [3.05, 3.63) is 0 Å². The van der Waals surface area contributed by atoms with Crippen LogP contribution in [0.1, 0.15) is 46.5 Å². The second-order valence-electron chi connectivity index (χ2n) is 6.00. The van der Waals surface area contributed by atoms with Gasteiger partial charge in [0.1, 0.15) is 6.04 Å². The molecule has 1 aliphatic heterocycles. The Bertz CT molecular complexity index is 395. The lowest BCUT2D eigenvalue weighted by Crippen LogP contribution is -2.50. The van der Waals surface area contributed by atoms with Crippen LogP contribution in [0.25, 0.3) is 0 Å². The van der Waals surface area contributed by atoms with Crippen LogP contribution in [-0.2, 0) is 14.4 Å². The zero-order valence-electron chi connectivity index (χ0n) is 13.1. The number of likely N-dealkylation sites (tertiary alicyclic amines) is 1. The Labute approximate surface area is 125 Å². The summed E-state index contributed by atoms with van der Waals surface area (Å²) in [6.07, 6.45) is 2.78. The molecule has 0 radical (unpaired) electrons. The third-order valence-corrected chi connectivity index (χ3v) is 3.84. The summed E-state index contributed by atoms with van der Waals surface area (Å²) >= 11 is 0. The first-order chi connectivity index (χ1) is 9.86. The molecule has 0 aromatic carbocycles. The monoisotopic (exact) mass is 298 g/mol. The number of carboxylic acid groups (broad SMARTS) is 1. The van der Waals surface area contributed by atoms with Gasteiger partial charge in [-0.3, -0.25) is 9.59 Å². The number of carbonyl (C=O) groups excluding carboxylic acids is 2. The molecule has 120 valence electrons. The van der Waals surface area contributed by atoms with Gasteiger partial charge in [0.05, 0.1) is 5.92 Å². The average molecular weight is 298 g/mol. The molecule has 1 saturated heterocycles. The largest absolute Gasteiger partial charge is 0.480 e. The minimum absolute atomic E-state index is 0.0774. The molecule has 21 heavy (non-hydrogen) atoms. The van der Waals surface area contributed by atoms with E-state index in [2.05, 4.69) is 5.32 Å². The number of nitrogens with zero attached hydrogens (tertiary/aromatic N) is 1. The van der Waals surface area contributed by atoms with Gasteiger partial charge in [0.15, 0.2) is 0 Å². The van der Waals surface area contributed by atoms with Crippen molar-refractivity contribution >= 4 is 17.8 Å². The lowest BCUT2D eigenvalue weighted by Gasteiger charge is -2.33. The van der Waals surface area contributed by atoms with Crippen LogP contribution < -0.4 is 5.32 Å². The molecular formula is C15H26N2O4. The number of hydrogen-bond donors (Lipinski definition) is 2. The van der Waals surface area contributed by atoms with E-state index in [-0.39, 0.29) is 23.7 Å². The zero-order chi connectivity index (χ0) is 16.0. The van der Waals surface area contributed by atoms with Crippen LogP contribution in [0.15, 0.2) is 0 Å². The zero-order valence-corrected chi connectivity index (χ0v) is 13.1. The molecule has 1 heterocycles. The molecule has 6 heteroatoms. The fourth-order valence-electron chi connectivity index (χ4n) is 2.57. The summed E-state index contributed by atoms with van der Waals surface area (Å²) in [7, 11) is 0. The minimum Gasteiger partial charge on any atom is -0.480 e. The fourth-order valence-corrected chi connectivity index (χ4v) is 2.57. The Kier molecular flexibility index (Phi) is 6.65. The van der Waals surface area contributed by atoms with Crippen LogP contribution in [0.4, 0.5) is 0 Å². The van der Waals surface area contributed by atoms with Gasteiger partial charge < -0.3 is 15.3 Å². The fraction of sp³-hybridized carbons (Fsp3) is 0.800. The number of aliphatic carboxylic acids is 1. The number of nitrogens with one attached hydrogen (secondary N) is 1. The Morgan fingerprint density at radius 2 is 2.00 bits per heavy atom. The topological polar surface area (TPSA) is 86.7 Å². The Morgan fingerprint density at radius 1 is 1.33 bits per heavy atom. The highest BCUT2D eigenvalue weighted by Gasteiger charge is 2.31. The number of carboxylic acids is 1. The van der Waals surface area contributed by atoms with Gasteiger partial charge in [-0.15, -0.1) is 0 Å². The summed E-state index contributed by atoms with van der Waals surface area (Å²) in [6, 6.07) is -0.876. The van der Waals surface area contributed by atoms with Crippen LogP contribution >= 0.6 is 0 Å². The van der Waals surface area contributed by atoms with E-state index in [1.807, 2.05) is 6.92 Å². The van der Waals surface area contributed by atoms with E-state index in [0.29, 0.717) is 25.9 Å². The smallest absolute Gasteiger partial charge is 0.326 e. The summed E-state index contributed by atoms with van der Waals surface area (Å²) in [4.78, 5) is 37.0. The molecule has 1 fully saturated rings. The van der Waals surface area contributed by atoms with E-state index < -0.39 is 12.0 Å². The number of carbonyl (C=O) groups is 3. The van der Waals surface area contributed by atoms with Gasteiger partial charge in [0.2, 0.25) is 11.8 Å². The van der Waals surface area contributed by atoms with Gasteiger partial charge in [-0.05, 0) is 25.2 Å². The second kappa shape index (κ2) is 8.00. The van der Waals surface area contributed by atoms with Crippen molar-refractivity contribution in [3.63, 3.8) is 0 Å². The molecule has 0 aromatic heterocycles. The summed E-state index contributed by atoms with van der Waals surface area (Å²) in [5.74, 6) is -1.68. The highest BCUT2D eigenvalue weighted by molar-refractivity contribution is 5.86. The second-order valence-corrected chi connectivity index (χ2v) is 6.00. The molecule has 0 bridgehead atoms. The van der Waals surface area contributed by atoms with Crippen LogP contribution in [0.5, 0.6) is 0 Å². The quantitative estimate of drug-likeness (QED) is 0.772. The lowest BCUT2D eigenvalue weighted by atomic mass is 9.95. The van der Waals surface area contributed by atoms with E-state index in [4.69, 9.17) is 5.11 Å². The molecule has 2 N–H and O–H groups in total. The number of rotatable bonds is 6. The summed E-state index contributed by atoms with van der Waals surface area (Å²) < 4.78 is 0. The van der Waals surface area contributed by atoms with Crippen molar-refractivity contribution < 1.29 is 19.5 Å². The molecule has 2 amide bonds. The molecule has 0 aromatic rings. The van der Waals surface area contributed by atoms with E-state index >= 15 is 0 Å². The Hall–Kier alpha value is -1.59.